The number of amides is 1. The zero-order valence-electron chi connectivity index (χ0n) is 18.6. The molecular formula is C28H20ClNO5. The van der Waals surface area contributed by atoms with Crippen LogP contribution in [-0.2, 0) is 9.59 Å². The van der Waals surface area contributed by atoms with Crippen molar-refractivity contribution >= 4 is 45.5 Å². The van der Waals surface area contributed by atoms with Crippen LogP contribution in [0.15, 0.2) is 90.5 Å². The summed E-state index contributed by atoms with van der Waals surface area (Å²) in [5.74, 6) is -2.10. The molecule has 1 aliphatic rings. The van der Waals surface area contributed by atoms with Crippen molar-refractivity contribution in [2.45, 2.75) is 6.04 Å². The molecular weight excluding hydrogens is 466 g/mol. The number of carbonyl (C=O) groups is 2. The lowest BCUT2D eigenvalue weighted by Gasteiger charge is -2.26. The highest BCUT2D eigenvalue weighted by Gasteiger charge is 2.47. The Bertz CT molecular complexity index is 1510. The highest BCUT2D eigenvalue weighted by molar-refractivity contribution is 6.51. The fourth-order valence-corrected chi connectivity index (χ4v) is 4.62. The number of anilines is 1. The number of nitrogens with zero attached hydrogens (tertiary/aromatic N) is 1. The second-order valence-electron chi connectivity index (χ2n) is 8.12. The molecule has 0 bridgehead atoms. The Hall–Kier alpha value is -4.29. The van der Waals surface area contributed by atoms with Crippen LogP contribution in [0.5, 0.6) is 11.5 Å². The molecule has 1 unspecified atom stereocenters. The molecule has 174 valence electrons. The van der Waals surface area contributed by atoms with E-state index in [1.54, 1.807) is 42.5 Å². The third-order valence-corrected chi connectivity index (χ3v) is 6.38. The third kappa shape index (κ3) is 3.78. The van der Waals surface area contributed by atoms with Crippen molar-refractivity contribution in [1.82, 2.24) is 0 Å². The van der Waals surface area contributed by atoms with E-state index in [9.17, 15) is 19.8 Å². The summed E-state index contributed by atoms with van der Waals surface area (Å²) in [6.07, 6.45) is 0. The van der Waals surface area contributed by atoms with Crippen molar-refractivity contribution in [3.63, 3.8) is 0 Å². The van der Waals surface area contributed by atoms with Crippen molar-refractivity contribution in [1.29, 1.82) is 0 Å². The minimum atomic E-state index is -1.00. The van der Waals surface area contributed by atoms with Gasteiger partial charge in [-0.1, -0.05) is 66.2 Å². The Morgan fingerprint density at radius 2 is 1.60 bits per heavy atom. The van der Waals surface area contributed by atoms with Crippen LogP contribution in [0.4, 0.5) is 5.69 Å². The Balaban J connectivity index is 1.77. The van der Waals surface area contributed by atoms with Crippen LogP contribution >= 0.6 is 11.6 Å². The number of Topliss-reactive ketones (excluding diaryl/α,β-unsaturated/α-hetero) is 1. The van der Waals surface area contributed by atoms with Crippen molar-refractivity contribution in [3.8, 4) is 11.5 Å². The Morgan fingerprint density at radius 1 is 0.914 bits per heavy atom. The van der Waals surface area contributed by atoms with E-state index in [0.29, 0.717) is 16.8 Å². The van der Waals surface area contributed by atoms with Gasteiger partial charge in [-0.25, -0.2) is 0 Å². The summed E-state index contributed by atoms with van der Waals surface area (Å²) in [5, 5.41) is 23.5. The highest BCUT2D eigenvalue weighted by atomic mass is 35.5. The van der Waals surface area contributed by atoms with Crippen LogP contribution in [-0.4, -0.2) is 29.0 Å². The molecule has 0 radical (unpaired) electrons. The molecule has 1 heterocycles. The molecule has 1 fully saturated rings. The number of aliphatic hydroxyl groups excluding tert-OH is 1. The number of hydrogen-bond donors (Lipinski definition) is 2. The molecule has 0 saturated carbocycles. The van der Waals surface area contributed by atoms with Gasteiger partial charge in [0, 0.05) is 11.3 Å². The number of para-hydroxylation sites is 1. The van der Waals surface area contributed by atoms with Gasteiger partial charge in [-0.05, 0) is 46.7 Å². The van der Waals surface area contributed by atoms with Crippen molar-refractivity contribution in [2.75, 3.05) is 12.0 Å². The van der Waals surface area contributed by atoms with Gasteiger partial charge in [0.15, 0.2) is 11.5 Å². The van der Waals surface area contributed by atoms with E-state index in [1.807, 2.05) is 30.3 Å². The Kier molecular flexibility index (Phi) is 5.67. The number of benzene rings is 4. The largest absolute Gasteiger partial charge is 0.507 e. The lowest BCUT2D eigenvalue weighted by molar-refractivity contribution is -0.132. The average Bonchev–Trinajstić information content (AvgIpc) is 3.15. The molecule has 0 spiro atoms. The molecule has 35 heavy (non-hydrogen) atoms. The average molecular weight is 486 g/mol. The number of ketones is 1. The summed E-state index contributed by atoms with van der Waals surface area (Å²) in [4.78, 5) is 27.9. The van der Waals surface area contributed by atoms with Gasteiger partial charge < -0.3 is 14.9 Å². The SMILES string of the molecule is COc1cc(C2/C(=C(/O)c3ccc4ccccc4c3)C(=O)C(=O)N2c2ccccc2)cc(Cl)c1O. The second-order valence-corrected chi connectivity index (χ2v) is 8.53. The predicted molar refractivity (Wildman–Crippen MR) is 135 cm³/mol. The predicted octanol–water partition coefficient (Wildman–Crippen LogP) is 5.83. The van der Waals surface area contributed by atoms with Crippen LogP contribution in [0.2, 0.25) is 5.02 Å². The number of halogens is 1. The standard InChI is InChI=1S/C28H20ClNO5/c1-35-22-15-19(14-21(29)26(22)32)24-23(27(33)28(34)30(24)20-9-3-2-4-10-20)25(31)18-12-11-16-7-5-6-8-17(16)13-18/h2-15,24,31-32H,1H3/b25-23-. The lowest BCUT2D eigenvalue weighted by atomic mass is 9.94. The number of hydrogen-bond acceptors (Lipinski definition) is 5. The summed E-state index contributed by atoms with van der Waals surface area (Å²) in [5.41, 5.74) is 1.19. The number of phenols is 1. The molecule has 7 heteroatoms. The fraction of sp³-hybridized carbons (Fsp3) is 0.0714. The van der Waals surface area contributed by atoms with Crippen molar-refractivity contribution < 1.29 is 24.5 Å². The number of ether oxygens (including phenoxy) is 1. The van der Waals surface area contributed by atoms with E-state index in [0.717, 1.165) is 10.8 Å². The van der Waals surface area contributed by atoms with Crippen LogP contribution < -0.4 is 9.64 Å². The summed E-state index contributed by atoms with van der Waals surface area (Å²) >= 11 is 6.26. The van der Waals surface area contributed by atoms with E-state index >= 15 is 0 Å². The molecule has 4 aromatic carbocycles. The van der Waals surface area contributed by atoms with E-state index in [2.05, 4.69) is 0 Å². The first-order valence-corrected chi connectivity index (χ1v) is 11.2. The first kappa shape index (κ1) is 22.5. The lowest BCUT2D eigenvalue weighted by Crippen LogP contribution is -2.29. The molecule has 1 aliphatic heterocycles. The summed E-state index contributed by atoms with van der Waals surface area (Å²) < 4.78 is 5.25. The van der Waals surface area contributed by atoms with E-state index in [1.165, 1.54) is 24.1 Å². The molecule has 0 aromatic heterocycles. The van der Waals surface area contributed by atoms with Crippen LogP contribution in [0.25, 0.3) is 16.5 Å². The van der Waals surface area contributed by atoms with Gasteiger partial charge >= 0.3 is 0 Å². The van der Waals surface area contributed by atoms with Crippen LogP contribution in [0.1, 0.15) is 17.2 Å². The monoisotopic (exact) mass is 485 g/mol. The number of rotatable bonds is 4. The maximum absolute atomic E-state index is 13.3. The van der Waals surface area contributed by atoms with Crippen LogP contribution in [0.3, 0.4) is 0 Å². The maximum Gasteiger partial charge on any atom is 0.300 e. The Labute approximate surface area is 206 Å². The van der Waals surface area contributed by atoms with Crippen molar-refractivity contribution in [3.05, 3.63) is 107 Å². The normalized spacial score (nSPS) is 17.2. The van der Waals surface area contributed by atoms with Gasteiger partial charge in [0.25, 0.3) is 11.7 Å². The number of aliphatic hydroxyl groups is 1. The minimum Gasteiger partial charge on any atom is -0.507 e. The molecule has 5 rings (SSSR count). The molecule has 0 aliphatic carbocycles. The zero-order valence-corrected chi connectivity index (χ0v) is 19.4. The van der Waals surface area contributed by atoms with Gasteiger partial charge in [0.2, 0.25) is 0 Å². The summed E-state index contributed by atoms with van der Waals surface area (Å²) in [6.45, 7) is 0. The summed E-state index contributed by atoms with van der Waals surface area (Å²) in [6, 6.07) is 23.6. The number of carbonyl (C=O) groups excluding carboxylic acids is 2. The van der Waals surface area contributed by atoms with Crippen molar-refractivity contribution in [2.24, 2.45) is 0 Å². The number of phenolic OH excluding ortho intramolecular Hbond substituents is 1. The van der Waals surface area contributed by atoms with E-state index < -0.39 is 17.7 Å². The Morgan fingerprint density at radius 3 is 2.31 bits per heavy atom. The molecule has 6 nitrogen and oxygen atoms in total. The van der Waals surface area contributed by atoms with Gasteiger partial charge in [0.05, 0.1) is 23.7 Å². The van der Waals surface area contributed by atoms with E-state index in [4.69, 9.17) is 16.3 Å². The van der Waals surface area contributed by atoms with E-state index in [-0.39, 0.29) is 27.9 Å². The maximum atomic E-state index is 13.3. The smallest absolute Gasteiger partial charge is 0.300 e. The zero-order chi connectivity index (χ0) is 24.7. The molecule has 1 atom stereocenters. The first-order valence-electron chi connectivity index (χ1n) is 10.8. The number of fused-ring (bicyclic) bond motifs is 1. The summed E-state index contributed by atoms with van der Waals surface area (Å²) in [7, 11) is 1.37. The fourth-order valence-electron chi connectivity index (χ4n) is 4.40. The highest BCUT2D eigenvalue weighted by Crippen LogP contribution is 2.46. The second kappa shape index (κ2) is 8.81. The first-order chi connectivity index (χ1) is 16.9. The van der Waals surface area contributed by atoms with Crippen LogP contribution in [0, 0.1) is 0 Å². The third-order valence-electron chi connectivity index (χ3n) is 6.09. The molecule has 1 amide bonds. The van der Waals surface area contributed by atoms with Gasteiger partial charge in [-0.15, -0.1) is 0 Å². The number of aromatic hydroxyl groups is 1. The van der Waals surface area contributed by atoms with Gasteiger partial charge in [-0.2, -0.15) is 0 Å². The topological polar surface area (TPSA) is 87.1 Å². The molecule has 2 N–H and O–H groups in total. The quantitative estimate of drug-likeness (QED) is 0.215. The van der Waals surface area contributed by atoms with Gasteiger partial charge in [-0.3, -0.25) is 14.5 Å². The molecule has 4 aromatic rings. The molecule has 1 saturated heterocycles. The number of methoxy groups -OCH3 is 1. The minimum absolute atomic E-state index is 0.0105. The van der Waals surface area contributed by atoms with Gasteiger partial charge in [0.1, 0.15) is 5.76 Å².